The van der Waals surface area contributed by atoms with Crippen molar-refractivity contribution in [3.05, 3.63) is 47.4 Å². The summed E-state index contributed by atoms with van der Waals surface area (Å²) in [6.07, 6.45) is 1.75. The second-order valence-corrected chi connectivity index (χ2v) is 6.36. The zero-order chi connectivity index (χ0) is 17.8. The topological polar surface area (TPSA) is 68.5 Å². The van der Waals surface area contributed by atoms with Crippen LogP contribution in [0.2, 0.25) is 0 Å². The molecule has 25 heavy (non-hydrogen) atoms. The molecule has 2 atom stereocenters. The van der Waals surface area contributed by atoms with Crippen LogP contribution in [0.15, 0.2) is 28.8 Å². The number of rotatable bonds is 6. The molecule has 0 aliphatic carbocycles. The minimum atomic E-state index is -0.335. The van der Waals surface area contributed by atoms with Crippen LogP contribution < -0.4 is 0 Å². The van der Waals surface area contributed by atoms with Crippen molar-refractivity contribution in [1.29, 1.82) is 0 Å². The molecule has 0 N–H and O–H groups in total. The van der Waals surface area contributed by atoms with Gasteiger partial charge in [-0.15, -0.1) is 0 Å². The Morgan fingerprint density at radius 2 is 2.20 bits per heavy atom. The van der Waals surface area contributed by atoms with Crippen LogP contribution >= 0.6 is 0 Å². The molecule has 1 fully saturated rings. The van der Waals surface area contributed by atoms with E-state index < -0.39 is 0 Å². The molecule has 1 aromatic heterocycles. The first-order valence-electron chi connectivity index (χ1n) is 8.43. The minimum Gasteiger partial charge on any atom is -0.377 e. The number of hydrogen-bond donors (Lipinski definition) is 0. The molecule has 1 aromatic carbocycles. The van der Waals surface area contributed by atoms with Gasteiger partial charge in [-0.2, -0.15) is 4.98 Å². The van der Waals surface area contributed by atoms with Crippen molar-refractivity contribution in [3.8, 4) is 0 Å². The van der Waals surface area contributed by atoms with Crippen LogP contribution in [0.1, 0.15) is 47.9 Å². The number of methoxy groups -OCH3 is 1. The predicted octanol–water partition coefficient (Wildman–Crippen LogP) is 3.01. The van der Waals surface area contributed by atoms with Crippen LogP contribution in [-0.4, -0.2) is 41.0 Å². The van der Waals surface area contributed by atoms with E-state index in [-0.39, 0.29) is 23.6 Å². The zero-order valence-electron chi connectivity index (χ0n) is 14.4. The van der Waals surface area contributed by atoms with Crippen LogP contribution in [0.4, 0.5) is 4.39 Å². The molecule has 2 heterocycles. The number of carbonyl (C=O) groups is 1. The second-order valence-electron chi connectivity index (χ2n) is 6.36. The number of benzene rings is 1. The van der Waals surface area contributed by atoms with E-state index in [1.54, 1.807) is 19.2 Å². The monoisotopic (exact) mass is 347 g/mol. The standard InChI is InChI=1S/C18H22FN3O3/c1-12(18-20-16(11-24-2)21-25-18)22-9-3-4-14(10-22)17(23)13-5-7-15(19)8-6-13/h5-8,12,14H,3-4,9-11H2,1-2H3/t12-,14+/m0/s1. The maximum absolute atomic E-state index is 13.1. The summed E-state index contributed by atoms with van der Waals surface area (Å²) in [6, 6.07) is 5.68. The van der Waals surface area contributed by atoms with E-state index in [1.165, 1.54) is 12.1 Å². The number of ketones is 1. The lowest BCUT2D eigenvalue weighted by Crippen LogP contribution is -2.40. The maximum atomic E-state index is 13.1. The molecule has 1 aliphatic rings. The molecule has 134 valence electrons. The summed E-state index contributed by atoms with van der Waals surface area (Å²) in [5.41, 5.74) is 0.557. The van der Waals surface area contributed by atoms with Gasteiger partial charge in [0, 0.05) is 25.1 Å². The van der Waals surface area contributed by atoms with Gasteiger partial charge in [0.15, 0.2) is 11.6 Å². The molecule has 3 rings (SSSR count). The lowest BCUT2D eigenvalue weighted by Gasteiger charge is -2.34. The molecule has 0 spiro atoms. The smallest absolute Gasteiger partial charge is 0.243 e. The van der Waals surface area contributed by atoms with Crippen LogP contribution in [-0.2, 0) is 11.3 Å². The van der Waals surface area contributed by atoms with Crippen molar-refractivity contribution in [2.75, 3.05) is 20.2 Å². The first-order chi connectivity index (χ1) is 12.1. The summed E-state index contributed by atoms with van der Waals surface area (Å²) in [6.45, 7) is 3.80. The molecule has 7 heteroatoms. The average Bonchev–Trinajstić information content (AvgIpc) is 3.10. The summed E-state index contributed by atoms with van der Waals surface area (Å²) < 4.78 is 23.4. The summed E-state index contributed by atoms with van der Waals surface area (Å²) in [4.78, 5) is 19.2. The van der Waals surface area contributed by atoms with Crippen molar-refractivity contribution in [1.82, 2.24) is 15.0 Å². The van der Waals surface area contributed by atoms with Gasteiger partial charge in [0.1, 0.15) is 12.4 Å². The molecule has 0 unspecified atom stereocenters. The third kappa shape index (κ3) is 4.11. The highest BCUT2D eigenvalue weighted by atomic mass is 19.1. The van der Waals surface area contributed by atoms with Crippen molar-refractivity contribution >= 4 is 5.78 Å². The number of nitrogens with zero attached hydrogens (tertiary/aromatic N) is 3. The number of Topliss-reactive ketones (excluding diaryl/α,β-unsaturated/α-hetero) is 1. The number of hydrogen-bond acceptors (Lipinski definition) is 6. The number of likely N-dealkylation sites (tertiary alicyclic amines) is 1. The van der Waals surface area contributed by atoms with Crippen molar-refractivity contribution < 1.29 is 18.4 Å². The summed E-state index contributed by atoms with van der Waals surface area (Å²) in [5.74, 6) is 0.659. The summed E-state index contributed by atoms with van der Waals surface area (Å²) >= 11 is 0. The Bertz CT molecular complexity index is 717. The van der Waals surface area contributed by atoms with Gasteiger partial charge in [-0.25, -0.2) is 4.39 Å². The van der Waals surface area contributed by atoms with E-state index in [0.717, 1.165) is 19.4 Å². The van der Waals surface area contributed by atoms with Gasteiger partial charge < -0.3 is 9.26 Å². The number of aromatic nitrogens is 2. The molecule has 1 saturated heterocycles. The molecule has 1 aliphatic heterocycles. The van der Waals surface area contributed by atoms with Crippen LogP contribution in [0.5, 0.6) is 0 Å². The zero-order valence-corrected chi connectivity index (χ0v) is 14.4. The van der Waals surface area contributed by atoms with Gasteiger partial charge in [-0.1, -0.05) is 5.16 Å². The maximum Gasteiger partial charge on any atom is 0.243 e. The Kier molecular flexibility index (Phi) is 5.55. The Labute approximate surface area is 146 Å². The fourth-order valence-electron chi connectivity index (χ4n) is 3.20. The Morgan fingerprint density at radius 1 is 1.44 bits per heavy atom. The molecular weight excluding hydrogens is 325 g/mol. The van der Waals surface area contributed by atoms with Gasteiger partial charge in [0.05, 0.1) is 6.04 Å². The van der Waals surface area contributed by atoms with Crippen molar-refractivity contribution in [3.63, 3.8) is 0 Å². The van der Waals surface area contributed by atoms with Gasteiger partial charge in [0.2, 0.25) is 5.89 Å². The molecule has 0 radical (unpaired) electrons. The van der Waals surface area contributed by atoms with Gasteiger partial charge in [-0.05, 0) is 50.6 Å². The molecular formula is C18H22FN3O3. The second kappa shape index (κ2) is 7.84. The largest absolute Gasteiger partial charge is 0.377 e. The van der Waals surface area contributed by atoms with Crippen LogP contribution in [0.3, 0.4) is 0 Å². The Hall–Kier alpha value is -2.12. The van der Waals surface area contributed by atoms with E-state index in [9.17, 15) is 9.18 Å². The molecule has 0 amide bonds. The Balaban J connectivity index is 1.67. The number of piperidine rings is 1. The number of carbonyl (C=O) groups excluding carboxylic acids is 1. The highest BCUT2D eigenvalue weighted by molar-refractivity contribution is 5.98. The third-order valence-electron chi connectivity index (χ3n) is 4.61. The van der Waals surface area contributed by atoms with Gasteiger partial charge in [-0.3, -0.25) is 9.69 Å². The first-order valence-corrected chi connectivity index (χ1v) is 8.43. The summed E-state index contributed by atoms with van der Waals surface area (Å²) in [7, 11) is 1.58. The van der Waals surface area contributed by atoms with Crippen molar-refractivity contribution in [2.24, 2.45) is 5.92 Å². The highest BCUT2D eigenvalue weighted by Crippen LogP contribution is 2.27. The van der Waals surface area contributed by atoms with Gasteiger partial charge >= 0.3 is 0 Å². The summed E-state index contributed by atoms with van der Waals surface area (Å²) in [5, 5.41) is 3.89. The SMILES string of the molecule is COCc1noc([C@H](C)N2CCC[C@@H](C(=O)c3ccc(F)cc3)C2)n1. The van der Waals surface area contributed by atoms with E-state index in [1.807, 2.05) is 6.92 Å². The number of ether oxygens (including phenoxy) is 1. The lowest BCUT2D eigenvalue weighted by molar-refractivity contribution is 0.0730. The van der Waals surface area contributed by atoms with E-state index >= 15 is 0 Å². The van der Waals surface area contributed by atoms with Crippen LogP contribution in [0, 0.1) is 11.7 Å². The quantitative estimate of drug-likeness (QED) is 0.748. The Morgan fingerprint density at radius 3 is 2.92 bits per heavy atom. The third-order valence-corrected chi connectivity index (χ3v) is 4.61. The lowest BCUT2D eigenvalue weighted by atomic mass is 9.89. The fourth-order valence-corrected chi connectivity index (χ4v) is 3.20. The molecule has 0 bridgehead atoms. The van der Waals surface area contributed by atoms with E-state index in [0.29, 0.717) is 30.4 Å². The molecule has 0 saturated carbocycles. The van der Waals surface area contributed by atoms with E-state index in [4.69, 9.17) is 9.26 Å². The normalized spacial score (nSPS) is 19.7. The highest BCUT2D eigenvalue weighted by Gasteiger charge is 2.31. The van der Waals surface area contributed by atoms with Crippen molar-refractivity contribution in [2.45, 2.75) is 32.4 Å². The molecule has 6 nitrogen and oxygen atoms in total. The minimum absolute atomic E-state index is 0.0579. The van der Waals surface area contributed by atoms with E-state index in [2.05, 4.69) is 15.0 Å². The fraction of sp³-hybridized carbons (Fsp3) is 0.500. The number of halogens is 1. The van der Waals surface area contributed by atoms with Crippen LogP contribution in [0.25, 0.3) is 0 Å². The molecule has 2 aromatic rings. The predicted molar refractivity (Wildman–Crippen MR) is 88.5 cm³/mol. The average molecular weight is 347 g/mol. The van der Waals surface area contributed by atoms with Gasteiger partial charge in [0.25, 0.3) is 0 Å². The first kappa shape index (κ1) is 17.7.